The SMILES string of the molecule is CCCC1=Nc2ccccc2CC(c2sccc2C)N1C. The van der Waals surface area contributed by atoms with Crippen LogP contribution < -0.4 is 0 Å². The molecule has 0 amide bonds. The van der Waals surface area contributed by atoms with E-state index in [1.54, 1.807) is 0 Å². The van der Waals surface area contributed by atoms with Crippen molar-refractivity contribution in [1.82, 2.24) is 4.90 Å². The number of para-hydroxylation sites is 1. The minimum absolute atomic E-state index is 0.402. The highest BCUT2D eigenvalue weighted by molar-refractivity contribution is 7.10. The van der Waals surface area contributed by atoms with Gasteiger partial charge in [-0.05, 0) is 48.4 Å². The predicted octanol–water partition coefficient (Wildman–Crippen LogP) is 5.12. The van der Waals surface area contributed by atoms with E-state index in [1.165, 1.54) is 21.8 Å². The van der Waals surface area contributed by atoms with Crippen molar-refractivity contribution in [2.24, 2.45) is 4.99 Å². The molecule has 0 N–H and O–H groups in total. The van der Waals surface area contributed by atoms with Crippen molar-refractivity contribution < 1.29 is 0 Å². The van der Waals surface area contributed by atoms with Crippen molar-refractivity contribution in [3.05, 3.63) is 51.7 Å². The molecule has 0 aliphatic carbocycles. The fourth-order valence-corrected chi connectivity index (χ4v) is 4.06. The summed E-state index contributed by atoms with van der Waals surface area (Å²) in [6.07, 6.45) is 3.19. The Morgan fingerprint density at radius 3 is 2.81 bits per heavy atom. The second-order valence-corrected chi connectivity index (χ2v) is 6.65. The van der Waals surface area contributed by atoms with Gasteiger partial charge < -0.3 is 4.90 Å². The van der Waals surface area contributed by atoms with Gasteiger partial charge in [-0.1, -0.05) is 25.1 Å². The highest BCUT2D eigenvalue weighted by atomic mass is 32.1. The Balaban J connectivity index is 2.07. The monoisotopic (exact) mass is 298 g/mol. The summed E-state index contributed by atoms with van der Waals surface area (Å²) in [5.41, 5.74) is 3.89. The van der Waals surface area contributed by atoms with Crippen molar-refractivity contribution in [3.63, 3.8) is 0 Å². The molecule has 0 radical (unpaired) electrons. The van der Waals surface area contributed by atoms with Crippen molar-refractivity contribution in [1.29, 1.82) is 0 Å². The maximum Gasteiger partial charge on any atom is 0.105 e. The van der Waals surface area contributed by atoms with Gasteiger partial charge in [-0.3, -0.25) is 0 Å². The van der Waals surface area contributed by atoms with E-state index in [2.05, 4.69) is 61.5 Å². The van der Waals surface area contributed by atoms with Crippen LogP contribution in [0.2, 0.25) is 0 Å². The molecule has 1 aromatic carbocycles. The first kappa shape index (κ1) is 14.3. The van der Waals surface area contributed by atoms with E-state index in [0.717, 1.165) is 24.9 Å². The molecule has 2 aromatic rings. The summed E-state index contributed by atoms with van der Waals surface area (Å²) < 4.78 is 0. The summed E-state index contributed by atoms with van der Waals surface area (Å²) >= 11 is 1.87. The molecule has 1 atom stereocenters. The molecule has 1 aliphatic heterocycles. The Labute approximate surface area is 131 Å². The highest BCUT2D eigenvalue weighted by Crippen LogP contribution is 2.36. The van der Waals surface area contributed by atoms with E-state index in [9.17, 15) is 0 Å². The number of rotatable bonds is 3. The molecular formula is C18H22N2S. The molecule has 1 aliphatic rings. The molecule has 0 bridgehead atoms. The molecule has 0 fully saturated rings. The maximum atomic E-state index is 4.95. The van der Waals surface area contributed by atoms with Gasteiger partial charge in [0.1, 0.15) is 5.84 Å². The topological polar surface area (TPSA) is 15.6 Å². The third-order valence-electron chi connectivity index (χ3n) is 4.21. The van der Waals surface area contributed by atoms with Gasteiger partial charge in [-0.2, -0.15) is 0 Å². The lowest BCUT2D eigenvalue weighted by molar-refractivity contribution is 0.373. The molecule has 0 saturated heterocycles. The summed E-state index contributed by atoms with van der Waals surface area (Å²) in [6, 6.07) is 11.2. The fraction of sp³-hybridized carbons (Fsp3) is 0.389. The lowest BCUT2D eigenvalue weighted by Gasteiger charge is -2.29. The van der Waals surface area contributed by atoms with Crippen LogP contribution in [0.5, 0.6) is 0 Å². The van der Waals surface area contributed by atoms with Crippen LogP contribution in [0.25, 0.3) is 0 Å². The van der Waals surface area contributed by atoms with Gasteiger partial charge in [0.15, 0.2) is 0 Å². The van der Waals surface area contributed by atoms with Crippen LogP contribution in [-0.2, 0) is 6.42 Å². The number of benzene rings is 1. The van der Waals surface area contributed by atoms with Gasteiger partial charge in [0.05, 0.1) is 11.7 Å². The van der Waals surface area contributed by atoms with E-state index in [-0.39, 0.29) is 0 Å². The van der Waals surface area contributed by atoms with Crippen LogP contribution in [0.1, 0.15) is 41.8 Å². The number of nitrogens with zero attached hydrogens (tertiary/aromatic N) is 2. The molecule has 0 saturated carbocycles. The number of aliphatic imine (C=N–C) groups is 1. The minimum Gasteiger partial charge on any atom is -0.355 e. The van der Waals surface area contributed by atoms with Crippen LogP contribution >= 0.6 is 11.3 Å². The Kier molecular flexibility index (Phi) is 4.11. The second-order valence-electron chi connectivity index (χ2n) is 5.71. The molecule has 1 aromatic heterocycles. The number of amidine groups is 1. The number of fused-ring (bicyclic) bond motifs is 1. The Hall–Kier alpha value is -1.61. The van der Waals surface area contributed by atoms with Crippen molar-refractivity contribution in [3.8, 4) is 0 Å². The first-order valence-corrected chi connectivity index (χ1v) is 8.51. The van der Waals surface area contributed by atoms with E-state index < -0.39 is 0 Å². The fourth-order valence-electron chi connectivity index (χ4n) is 2.99. The second kappa shape index (κ2) is 6.02. The zero-order valence-corrected chi connectivity index (χ0v) is 13.8. The smallest absolute Gasteiger partial charge is 0.105 e. The van der Waals surface area contributed by atoms with Gasteiger partial charge in [-0.25, -0.2) is 4.99 Å². The summed E-state index contributed by atoms with van der Waals surface area (Å²) in [6.45, 7) is 4.44. The molecule has 3 rings (SSSR count). The number of hydrogen-bond acceptors (Lipinski definition) is 3. The average molecular weight is 298 g/mol. The number of hydrogen-bond donors (Lipinski definition) is 0. The molecule has 3 heteroatoms. The van der Waals surface area contributed by atoms with Crippen LogP contribution in [0, 0.1) is 6.92 Å². The average Bonchev–Trinajstić information content (AvgIpc) is 2.85. The lowest BCUT2D eigenvalue weighted by Crippen LogP contribution is -2.31. The van der Waals surface area contributed by atoms with E-state index >= 15 is 0 Å². The van der Waals surface area contributed by atoms with Gasteiger partial charge in [0, 0.05) is 18.3 Å². The number of likely N-dealkylation sites (N-methyl/N-ethyl adjacent to an activating group) is 1. The standard InChI is InChI=1S/C18H22N2S/c1-4-7-17-19-15-9-6-5-8-14(15)12-16(20(17)3)18-13(2)10-11-21-18/h5-6,8-11,16H,4,7,12H2,1-3H3. The van der Waals surface area contributed by atoms with Gasteiger partial charge >= 0.3 is 0 Å². The van der Waals surface area contributed by atoms with E-state index in [4.69, 9.17) is 4.99 Å². The van der Waals surface area contributed by atoms with E-state index in [0.29, 0.717) is 6.04 Å². The number of aryl methyl sites for hydroxylation is 1. The minimum atomic E-state index is 0.402. The molecule has 110 valence electrons. The van der Waals surface area contributed by atoms with Gasteiger partial charge in [-0.15, -0.1) is 11.3 Å². The normalized spacial score (nSPS) is 18.1. The first-order valence-electron chi connectivity index (χ1n) is 7.63. The zero-order chi connectivity index (χ0) is 14.8. The molecular weight excluding hydrogens is 276 g/mol. The van der Waals surface area contributed by atoms with E-state index in [1.807, 2.05) is 11.3 Å². The number of thiophene rings is 1. The van der Waals surface area contributed by atoms with Crippen LogP contribution in [0.15, 0.2) is 40.7 Å². The molecule has 0 spiro atoms. The largest absolute Gasteiger partial charge is 0.355 e. The Morgan fingerprint density at radius 2 is 2.10 bits per heavy atom. The highest BCUT2D eigenvalue weighted by Gasteiger charge is 2.26. The molecule has 2 nitrogen and oxygen atoms in total. The van der Waals surface area contributed by atoms with Crippen LogP contribution in [-0.4, -0.2) is 17.8 Å². The van der Waals surface area contributed by atoms with Crippen LogP contribution in [0.3, 0.4) is 0 Å². The molecule has 1 unspecified atom stereocenters. The summed E-state index contributed by atoms with van der Waals surface area (Å²) in [7, 11) is 2.20. The summed E-state index contributed by atoms with van der Waals surface area (Å²) in [4.78, 5) is 8.81. The van der Waals surface area contributed by atoms with Crippen molar-refractivity contribution in [2.75, 3.05) is 7.05 Å². The Bertz CT molecular complexity index is 657. The Morgan fingerprint density at radius 1 is 1.29 bits per heavy atom. The summed E-state index contributed by atoms with van der Waals surface area (Å²) in [5.74, 6) is 1.21. The zero-order valence-electron chi connectivity index (χ0n) is 13.0. The third-order valence-corrected chi connectivity index (χ3v) is 5.33. The van der Waals surface area contributed by atoms with Crippen LogP contribution in [0.4, 0.5) is 5.69 Å². The quantitative estimate of drug-likeness (QED) is 0.768. The van der Waals surface area contributed by atoms with Gasteiger partial charge in [0.2, 0.25) is 0 Å². The maximum absolute atomic E-state index is 4.95. The van der Waals surface area contributed by atoms with Crippen molar-refractivity contribution in [2.45, 2.75) is 39.2 Å². The van der Waals surface area contributed by atoms with Crippen molar-refractivity contribution >= 4 is 22.9 Å². The first-order chi connectivity index (χ1) is 10.2. The van der Waals surface area contributed by atoms with Gasteiger partial charge in [0.25, 0.3) is 0 Å². The molecule has 2 heterocycles. The molecule has 21 heavy (non-hydrogen) atoms. The summed E-state index contributed by atoms with van der Waals surface area (Å²) in [5, 5.41) is 2.20. The third kappa shape index (κ3) is 2.75. The lowest BCUT2D eigenvalue weighted by atomic mass is 10.0. The predicted molar refractivity (Wildman–Crippen MR) is 91.7 cm³/mol.